The quantitative estimate of drug-likeness (QED) is 0.689. The maximum absolute atomic E-state index is 12.2. The average molecular weight is 398 g/mol. The van der Waals surface area contributed by atoms with E-state index in [4.69, 9.17) is 14.2 Å². The maximum atomic E-state index is 12.2. The van der Waals surface area contributed by atoms with Crippen molar-refractivity contribution in [1.29, 1.82) is 0 Å². The summed E-state index contributed by atoms with van der Waals surface area (Å²) in [4.78, 5) is 26.3. The number of para-hydroxylation sites is 2. The second-order valence-corrected chi connectivity index (χ2v) is 6.60. The third-order valence-corrected chi connectivity index (χ3v) is 4.66. The minimum Gasteiger partial charge on any atom is -0.486 e. The van der Waals surface area contributed by atoms with Gasteiger partial charge in [-0.2, -0.15) is 0 Å². The van der Waals surface area contributed by atoms with Crippen molar-refractivity contribution in [3.63, 3.8) is 0 Å². The van der Waals surface area contributed by atoms with Crippen LogP contribution in [0.15, 0.2) is 48.5 Å². The lowest BCUT2D eigenvalue weighted by Gasteiger charge is -2.26. The van der Waals surface area contributed by atoms with Crippen LogP contribution in [0.25, 0.3) is 0 Å². The molecule has 1 N–H and O–H groups in total. The largest absolute Gasteiger partial charge is 0.486 e. The van der Waals surface area contributed by atoms with E-state index in [1.807, 2.05) is 36.4 Å². The van der Waals surface area contributed by atoms with Crippen LogP contribution in [0.3, 0.4) is 0 Å². The number of benzene rings is 2. The number of ether oxygens (including phenoxy) is 3. The number of hydrogen-bond acceptors (Lipinski definition) is 6. The molecule has 29 heavy (non-hydrogen) atoms. The van der Waals surface area contributed by atoms with Gasteiger partial charge in [0.15, 0.2) is 18.1 Å². The van der Waals surface area contributed by atoms with E-state index < -0.39 is 5.97 Å². The lowest BCUT2D eigenvalue weighted by atomic mass is 10.2. The van der Waals surface area contributed by atoms with E-state index >= 15 is 0 Å². The highest BCUT2D eigenvalue weighted by Crippen LogP contribution is 2.30. The molecule has 0 fully saturated rings. The van der Waals surface area contributed by atoms with Crippen LogP contribution in [0.1, 0.15) is 24.2 Å². The van der Waals surface area contributed by atoms with Gasteiger partial charge in [0.2, 0.25) is 0 Å². The molecule has 1 amide bonds. The molecule has 7 nitrogen and oxygen atoms in total. The zero-order chi connectivity index (χ0) is 20.6. The summed E-state index contributed by atoms with van der Waals surface area (Å²) < 4.78 is 16.5. The summed E-state index contributed by atoms with van der Waals surface area (Å²) in [6.07, 6.45) is -0.294. The molecule has 3 rings (SSSR count). The minimum absolute atomic E-state index is 0.267. The highest BCUT2D eigenvalue weighted by atomic mass is 16.6. The molecule has 2 aromatic rings. The number of nitrogens with one attached hydrogen (secondary N) is 1. The van der Waals surface area contributed by atoms with Gasteiger partial charge in [-0.05, 0) is 50.2 Å². The Morgan fingerprint density at radius 2 is 1.76 bits per heavy atom. The fourth-order valence-corrected chi connectivity index (χ4v) is 3.05. The minimum atomic E-state index is -0.530. The third-order valence-electron chi connectivity index (χ3n) is 4.66. The highest BCUT2D eigenvalue weighted by molar-refractivity contribution is 5.91. The van der Waals surface area contributed by atoms with Gasteiger partial charge in [0, 0.05) is 18.8 Å². The molecule has 2 aromatic carbocycles. The van der Waals surface area contributed by atoms with Crippen LogP contribution in [-0.2, 0) is 9.53 Å². The Hall–Kier alpha value is -3.22. The number of carbonyl (C=O) groups is 2. The molecule has 0 aromatic heterocycles. The van der Waals surface area contributed by atoms with Crippen LogP contribution in [0.5, 0.6) is 11.5 Å². The number of rotatable bonds is 8. The van der Waals surface area contributed by atoms with Crippen LogP contribution in [0, 0.1) is 0 Å². The van der Waals surface area contributed by atoms with Crippen molar-refractivity contribution in [3.05, 3.63) is 54.1 Å². The molecule has 0 radical (unpaired) electrons. The van der Waals surface area contributed by atoms with Gasteiger partial charge >= 0.3 is 5.97 Å². The van der Waals surface area contributed by atoms with Crippen molar-refractivity contribution in [2.45, 2.75) is 20.0 Å². The van der Waals surface area contributed by atoms with Crippen molar-refractivity contribution >= 4 is 17.6 Å². The van der Waals surface area contributed by atoms with Gasteiger partial charge in [0.25, 0.3) is 5.91 Å². The number of esters is 1. The lowest BCUT2D eigenvalue weighted by Crippen LogP contribution is -2.42. The molecule has 0 aliphatic carbocycles. The number of anilines is 1. The lowest BCUT2D eigenvalue weighted by molar-refractivity contribution is -0.124. The first-order valence-corrected chi connectivity index (χ1v) is 9.78. The normalized spacial score (nSPS) is 14.8. The smallest absolute Gasteiger partial charge is 0.338 e. The molecule has 7 heteroatoms. The fraction of sp³-hybridized carbons (Fsp3) is 0.364. The molecule has 1 aliphatic rings. The van der Waals surface area contributed by atoms with Crippen LogP contribution >= 0.6 is 0 Å². The summed E-state index contributed by atoms with van der Waals surface area (Å²) in [5.74, 6) is 0.423. The Labute approximate surface area is 170 Å². The second kappa shape index (κ2) is 9.82. The zero-order valence-corrected chi connectivity index (χ0v) is 16.7. The third kappa shape index (κ3) is 5.40. The Kier molecular flexibility index (Phi) is 6.94. The molecule has 1 unspecified atom stereocenters. The van der Waals surface area contributed by atoms with Crippen LogP contribution < -0.4 is 19.7 Å². The number of fused-ring (bicyclic) bond motifs is 1. The van der Waals surface area contributed by atoms with Crippen molar-refractivity contribution in [2.24, 2.45) is 0 Å². The van der Waals surface area contributed by atoms with E-state index in [0.29, 0.717) is 23.7 Å². The molecule has 0 saturated carbocycles. The first kappa shape index (κ1) is 20.5. The zero-order valence-electron chi connectivity index (χ0n) is 16.7. The van der Waals surface area contributed by atoms with Gasteiger partial charge in [0.1, 0.15) is 12.7 Å². The van der Waals surface area contributed by atoms with Gasteiger partial charge in [0.05, 0.1) is 12.1 Å². The van der Waals surface area contributed by atoms with Gasteiger partial charge < -0.3 is 24.4 Å². The molecule has 1 atom stereocenters. The number of carbonyl (C=O) groups excluding carboxylic acids is 2. The summed E-state index contributed by atoms with van der Waals surface area (Å²) in [5, 5.41) is 2.70. The van der Waals surface area contributed by atoms with E-state index in [-0.39, 0.29) is 25.2 Å². The summed E-state index contributed by atoms with van der Waals surface area (Å²) in [5.41, 5.74) is 1.45. The number of hydrogen-bond donors (Lipinski definition) is 1. The molecule has 1 aliphatic heterocycles. The van der Waals surface area contributed by atoms with Crippen LogP contribution in [0.4, 0.5) is 5.69 Å². The van der Waals surface area contributed by atoms with Crippen LogP contribution in [-0.4, -0.2) is 50.8 Å². The summed E-state index contributed by atoms with van der Waals surface area (Å²) in [7, 11) is 0. The van der Waals surface area contributed by atoms with Gasteiger partial charge in [-0.1, -0.05) is 12.1 Å². The topological polar surface area (TPSA) is 77.1 Å². The van der Waals surface area contributed by atoms with Crippen molar-refractivity contribution in [3.8, 4) is 11.5 Å². The Balaban J connectivity index is 1.42. The van der Waals surface area contributed by atoms with Gasteiger partial charge in [-0.15, -0.1) is 0 Å². The molecule has 1 heterocycles. The molecule has 0 saturated heterocycles. The predicted molar refractivity (Wildman–Crippen MR) is 110 cm³/mol. The Morgan fingerprint density at radius 3 is 2.45 bits per heavy atom. The summed E-state index contributed by atoms with van der Waals surface area (Å²) >= 11 is 0. The number of nitrogens with zero attached hydrogens (tertiary/aromatic N) is 1. The van der Waals surface area contributed by atoms with E-state index in [0.717, 1.165) is 18.8 Å². The predicted octanol–water partition coefficient (Wildman–Crippen LogP) is 2.65. The highest BCUT2D eigenvalue weighted by Gasteiger charge is 2.21. The SMILES string of the molecule is CCN(CC)c1ccc(C(=O)OCC(=O)NCC2COc3ccccc3O2)cc1. The molecular weight excluding hydrogens is 372 g/mol. The Morgan fingerprint density at radius 1 is 1.07 bits per heavy atom. The van der Waals surface area contributed by atoms with E-state index in [1.165, 1.54) is 0 Å². The van der Waals surface area contributed by atoms with Crippen molar-refractivity contribution < 1.29 is 23.8 Å². The van der Waals surface area contributed by atoms with Gasteiger partial charge in [-0.25, -0.2) is 4.79 Å². The Bertz CT molecular complexity index is 833. The first-order valence-electron chi connectivity index (χ1n) is 9.78. The van der Waals surface area contributed by atoms with E-state index in [9.17, 15) is 9.59 Å². The number of amides is 1. The molecule has 0 bridgehead atoms. The van der Waals surface area contributed by atoms with Crippen LogP contribution in [0.2, 0.25) is 0 Å². The van der Waals surface area contributed by atoms with Gasteiger partial charge in [-0.3, -0.25) is 4.79 Å². The van der Waals surface area contributed by atoms with E-state index in [2.05, 4.69) is 24.1 Å². The fourth-order valence-electron chi connectivity index (χ4n) is 3.05. The molecule has 154 valence electrons. The summed E-state index contributed by atoms with van der Waals surface area (Å²) in [6, 6.07) is 14.5. The van der Waals surface area contributed by atoms with Crippen molar-refractivity contribution in [2.75, 3.05) is 37.7 Å². The summed E-state index contributed by atoms with van der Waals surface area (Å²) in [6.45, 7) is 6.20. The monoisotopic (exact) mass is 398 g/mol. The maximum Gasteiger partial charge on any atom is 0.338 e. The van der Waals surface area contributed by atoms with E-state index in [1.54, 1.807) is 12.1 Å². The average Bonchev–Trinajstić information content (AvgIpc) is 2.77. The molecule has 0 spiro atoms. The molecular formula is C22H26N2O5. The second-order valence-electron chi connectivity index (χ2n) is 6.60. The first-order chi connectivity index (χ1) is 14.1. The van der Waals surface area contributed by atoms with Crippen molar-refractivity contribution in [1.82, 2.24) is 5.32 Å². The standard InChI is InChI=1S/C22H26N2O5/c1-3-24(4-2)17-11-9-16(10-12-17)22(26)28-15-21(25)23-13-18-14-27-19-7-5-6-8-20(19)29-18/h5-12,18H,3-4,13-15H2,1-2H3,(H,23,25).